The minimum absolute atomic E-state index is 0.272. The van der Waals surface area contributed by atoms with E-state index in [0.29, 0.717) is 5.75 Å². The fourth-order valence-electron chi connectivity index (χ4n) is 1.25. The molecule has 0 aliphatic heterocycles. The first-order valence-electron chi connectivity index (χ1n) is 5.43. The highest BCUT2D eigenvalue weighted by molar-refractivity contribution is 5.95. The van der Waals surface area contributed by atoms with Crippen molar-refractivity contribution in [1.29, 1.82) is 0 Å². The molecule has 1 N–H and O–H groups in total. The van der Waals surface area contributed by atoms with Gasteiger partial charge in [-0.05, 0) is 32.9 Å². The Morgan fingerprint density at radius 3 is 2.29 bits per heavy atom. The highest BCUT2D eigenvalue weighted by atomic mass is 16.5. The average Bonchev–Trinajstić information content (AvgIpc) is 2.15. The molecule has 0 unspecified atom stereocenters. The van der Waals surface area contributed by atoms with Gasteiger partial charge in [0.05, 0.1) is 0 Å². The van der Waals surface area contributed by atoms with Gasteiger partial charge in [0, 0.05) is 5.54 Å². The number of benzene rings is 1. The smallest absolute Gasteiger partial charge is 0.320 e. The highest BCUT2D eigenvalue weighted by Crippen LogP contribution is 2.09. The molecule has 0 heterocycles. The molecule has 0 fully saturated rings. The zero-order valence-corrected chi connectivity index (χ0v) is 10.3. The molecule has 0 aliphatic carbocycles. The minimum atomic E-state index is -0.557. The van der Waals surface area contributed by atoms with Gasteiger partial charge in [-0.25, -0.2) is 0 Å². The minimum Gasteiger partial charge on any atom is -0.426 e. The molecule has 1 aromatic carbocycles. The highest BCUT2D eigenvalue weighted by Gasteiger charge is 2.17. The molecule has 17 heavy (non-hydrogen) atoms. The van der Waals surface area contributed by atoms with Crippen molar-refractivity contribution < 1.29 is 14.3 Å². The molecule has 0 radical (unpaired) electrons. The van der Waals surface area contributed by atoms with Gasteiger partial charge < -0.3 is 10.1 Å². The Bertz CT molecular complexity index is 393. The monoisotopic (exact) mass is 235 g/mol. The van der Waals surface area contributed by atoms with E-state index in [4.69, 9.17) is 4.74 Å². The first-order valence-corrected chi connectivity index (χ1v) is 5.43. The van der Waals surface area contributed by atoms with Crippen molar-refractivity contribution in [2.75, 3.05) is 0 Å². The molecule has 1 amide bonds. The van der Waals surface area contributed by atoms with Gasteiger partial charge in [0.2, 0.25) is 5.91 Å². The molecule has 92 valence electrons. The largest absolute Gasteiger partial charge is 0.426 e. The molecule has 0 saturated carbocycles. The van der Waals surface area contributed by atoms with Crippen molar-refractivity contribution in [3.63, 3.8) is 0 Å². The van der Waals surface area contributed by atoms with Crippen LogP contribution in [0.4, 0.5) is 0 Å². The fourth-order valence-corrected chi connectivity index (χ4v) is 1.25. The number of hydrogen-bond donors (Lipinski definition) is 1. The Morgan fingerprint density at radius 1 is 1.18 bits per heavy atom. The maximum Gasteiger partial charge on any atom is 0.320 e. The van der Waals surface area contributed by atoms with Crippen LogP contribution >= 0.6 is 0 Å². The Hall–Kier alpha value is -1.84. The van der Waals surface area contributed by atoms with Crippen LogP contribution in [0, 0.1) is 0 Å². The second-order valence-corrected chi connectivity index (χ2v) is 4.76. The van der Waals surface area contributed by atoms with Crippen LogP contribution in [0.15, 0.2) is 30.3 Å². The second kappa shape index (κ2) is 5.48. The average molecular weight is 235 g/mol. The lowest BCUT2D eigenvalue weighted by Gasteiger charge is -2.20. The summed E-state index contributed by atoms with van der Waals surface area (Å²) >= 11 is 0. The molecular weight excluding hydrogens is 218 g/mol. The number of rotatable bonds is 3. The molecule has 0 saturated heterocycles. The SMILES string of the molecule is CC(C)(C)NC(=O)CC(=O)Oc1ccccc1. The number of nitrogens with one attached hydrogen (secondary N) is 1. The van der Waals surface area contributed by atoms with Gasteiger partial charge in [0.25, 0.3) is 0 Å². The van der Waals surface area contributed by atoms with Crippen LogP contribution in [0.25, 0.3) is 0 Å². The molecule has 0 atom stereocenters. The van der Waals surface area contributed by atoms with Crippen LogP contribution in [0.1, 0.15) is 27.2 Å². The Morgan fingerprint density at radius 2 is 1.76 bits per heavy atom. The lowest BCUT2D eigenvalue weighted by Crippen LogP contribution is -2.41. The Labute approximate surface area is 101 Å². The summed E-state index contributed by atoms with van der Waals surface area (Å²) < 4.78 is 5.00. The molecule has 0 bridgehead atoms. The van der Waals surface area contributed by atoms with Crippen molar-refractivity contribution in [1.82, 2.24) is 5.32 Å². The van der Waals surface area contributed by atoms with E-state index in [1.807, 2.05) is 26.8 Å². The first kappa shape index (κ1) is 13.2. The maximum atomic E-state index is 11.4. The van der Waals surface area contributed by atoms with E-state index < -0.39 is 5.97 Å². The number of ether oxygens (including phenoxy) is 1. The molecular formula is C13H17NO3. The standard InChI is InChI=1S/C13H17NO3/c1-13(2,3)14-11(15)9-12(16)17-10-7-5-4-6-8-10/h4-8H,9H2,1-3H3,(H,14,15). The first-order chi connectivity index (χ1) is 7.87. The molecule has 4 nitrogen and oxygen atoms in total. The number of esters is 1. The topological polar surface area (TPSA) is 55.4 Å². The number of carbonyl (C=O) groups is 2. The quantitative estimate of drug-likeness (QED) is 0.494. The summed E-state index contributed by atoms with van der Waals surface area (Å²) in [4.78, 5) is 22.9. The van der Waals surface area contributed by atoms with Crippen LogP contribution in [-0.4, -0.2) is 17.4 Å². The Balaban J connectivity index is 2.43. The van der Waals surface area contributed by atoms with E-state index >= 15 is 0 Å². The summed E-state index contributed by atoms with van der Waals surface area (Å²) in [6.07, 6.45) is -0.272. The molecule has 1 rings (SSSR count). The van der Waals surface area contributed by atoms with Crippen molar-refractivity contribution in [3.05, 3.63) is 30.3 Å². The molecule has 0 aliphatic rings. The van der Waals surface area contributed by atoms with E-state index in [0.717, 1.165) is 0 Å². The fraction of sp³-hybridized carbons (Fsp3) is 0.385. The molecule has 0 aromatic heterocycles. The van der Waals surface area contributed by atoms with E-state index in [1.54, 1.807) is 24.3 Å². The van der Waals surface area contributed by atoms with Gasteiger partial charge in [-0.3, -0.25) is 9.59 Å². The van der Waals surface area contributed by atoms with Gasteiger partial charge in [0.1, 0.15) is 12.2 Å². The van der Waals surface area contributed by atoms with E-state index in [9.17, 15) is 9.59 Å². The molecule has 1 aromatic rings. The summed E-state index contributed by atoms with van der Waals surface area (Å²) in [6.45, 7) is 5.56. The van der Waals surface area contributed by atoms with Crippen molar-refractivity contribution in [3.8, 4) is 5.75 Å². The summed E-state index contributed by atoms with van der Waals surface area (Å²) in [7, 11) is 0. The predicted molar refractivity (Wildman–Crippen MR) is 64.6 cm³/mol. The number of carbonyl (C=O) groups excluding carboxylic acids is 2. The van der Waals surface area contributed by atoms with Crippen molar-refractivity contribution in [2.45, 2.75) is 32.7 Å². The summed E-state index contributed by atoms with van der Waals surface area (Å²) in [5.74, 6) is -0.447. The number of para-hydroxylation sites is 1. The normalized spacial score (nSPS) is 10.8. The molecule has 4 heteroatoms. The third-order valence-corrected chi connectivity index (χ3v) is 1.79. The van der Waals surface area contributed by atoms with Gasteiger partial charge in [-0.15, -0.1) is 0 Å². The summed E-state index contributed by atoms with van der Waals surface area (Å²) in [6, 6.07) is 8.68. The van der Waals surface area contributed by atoms with E-state index in [2.05, 4.69) is 5.32 Å². The number of amides is 1. The van der Waals surface area contributed by atoms with Crippen LogP contribution < -0.4 is 10.1 Å². The van der Waals surface area contributed by atoms with E-state index in [1.165, 1.54) is 0 Å². The van der Waals surface area contributed by atoms with Gasteiger partial charge in [-0.1, -0.05) is 18.2 Å². The zero-order chi connectivity index (χ0) is 12.9. The predicted octanol–water partition coefficient (Wildman–Crippen LogP) is 1.90. The Kier molecular flexibility index (Phi) is 4.26. The van der Waals surface area contributed by atoms with Crippen LogP contribution in [0.2, 0.25) is 0 Å². The summed E-state index contributed by atoms with van der Waals surface area (Å²) in [5, 5.41) is 2.70. The third kappa shape index (κ3) is 5.70. The number of hydrogen-bond acceptors (Lipinski definition) is 3. The van der Waals surface area contributed by atoms with Crippen molar-refractivity contribution >= 4 is 11.9 Å². The van der Waals surface area contributed by atoms with Gasteiger partial charge in [-0.2, -0.15) is 0 Å². The second-order valence-electron chi connectivity index (χ2n) is 4.76. The molecule has 0 spiro atoms. The van der Waals surface area contributed by atoms with Crippen molar-refractivity contribution in [2.24, 2.45) is 0 Å². The maximum absolute atomic E-state index is 11.4. The van der Waals surface area contributed by atoms with Crippen LogP contribution in [0.5, 0.6) is 5.75 Å². The third-order valence-electron chi connectivity index (χ3n) is 1.79. The van der Waals surface area contributed by atoms with Gasteiger partial charge >= 0.3 is 5.97 Å². The zero-order valence-electron chi connectivity index (χ0n) is 10.3. The lowest BCUT2D eigenvalue weighted by atomic mass is 10.1. The lowest BCUT2D eigenvalue weighted by molar-refractivity contribution is -0.138. The van der Waals surface area contributed by atoms with Crippen LogP contribution in [0.3, 0.4) is 0 Å². The van der Waals surface area contributed by atoms with E-state index in [-0.39, 0.29) is 17.9 Å². The summed E-state index contributed by atoms with van der Waals surface area (Å²) in [5.41, 5.74) is -0.343. The van der Waals surface area contributed by atoms with Gasteiger partial charge in [0.15, 0.2) is 0 Å². The van der Waals surface area contributed by atoms with Crippen LogP contribution in [-0.2, 0) is 9.59 Å².